The Labute approximate surface area is 445 Å². The van der Waals surface area contributed by atoms with Gasteiger partial charge in [0.1, 0.15) is 0 Å². The molecule has 0 heterocycles. The highest BCUT2D eigenvalue weighted by molar-refractivity contribution is 5.76. The molecule has 0 aliphatic carbocycles. The van der Waals surface area contributed by atoms with Crippen molar-refractivity contribution in [3.8, 4) is 0 Å². The maximum absolute atomic E-state index is 12.5. The number of aliphatic hydroxyl groups excluding tert-OH is 2. The molecule has 6 heteroatoms. The average Bonchev–Trinajstić information content (AvgIpc) is 3.37. The first-order valence-corrected chi connectivity index (χ1v) is 32.8. The van der Waals surface area contributed by atoms with Crippen LogP contribution in [0.2, 0.25) is 0 Å². The second-order valence-corrected chi connectivity index (χ2v) is 22.8. The number of hydrogen-bond donors (Lipinski definition) is 3. The highest BCUT2D eigenvalue weighted by Gasteiger charge is 2.20. The molecule has 0 fully saturated rings. The van der Waals surface area contributed by atoms with E-state index in [4.69, 9.17) is 4.74 Å². The molecule has 0 radical (unpaired) electrons. The fourth-order valence-corrected chi connectivity index (χ4v) is 10.6. The lowest BCUT2D eigenvalue weighted by atomic mass is 10.0. The summed E-state index contributed by atoms with van der Waals surface area (Å²) >= 11 is 0. The molecular formula is C65H129NO5. The summed E-state index contributed by atoms with van der Waals surface area (Å²) < 4.78 is 5.48. The Balaban J connectivity index is 3.29. The largest absolute Gasteiger partial charge is 0.466 e. The smallest absolute Gasteiger partial charge is 0.305 e. The molecule has 0 saturated heterocycles. The number of esters is 1. The minimum absolute atomic E-state index is 0.0221. The van der Waals surface area contributed by atoms with Gasteiger partial charge in [-0.25, -0.2) is 0 Å². The maximum Gasteiger partial charge on any atom is 0.305 e. The Bertz CT molecular complexity index is 1020. The summed E-state index contributed by atoms with van der Waals surface area (Å²) in [4.78, 5) is 24.5. The van der Waals surface area contributed by atoms with E-state index in [2.05, 4.69) is 19.2 Å². The van der Waals surface area contributed by atoms with Crippen LogP contribution in [0.4, 0.5) is 0 Å². The van der Waals surface area contributed by atoms with E-state index in [-0.39, 0.29) is 18.5 Å². The lowest BCUT2D eigenvalue weighted by Crippen LogP contribution is -2.45. The number of carbonyl (C=O) groups is 2. The van der Waals surface area contributed by atoms with E-state index in [9.17, 15) is 19.8 Å². The van der Waals surface area contributed by atoms with Crippen molar-refractivity contribution in [2.75, 3.05) is 13.2 Å². The van der Waals surface area contributed by atoms with Gasteiger partial charge in [-0.2, -0.15) is 0 Å². The number of rotatable bonds is 62. The summed E-state index contributed by atoms with van der Waals surface area (Å²) in [6, 6.07) is -0.535. The second kappa shape index (κ2) is 61.4. The third-order valence-electron chi connectivity index (χ3n) is 15.7. The molecule has 2 atom stereocenters. The van der Waals surface area contributed by atoms with E-state index in [1.54, 1.807) is 0 Å². The van der Waals surface area contributed by atoms with Crippen molar-refractivity contribution in [2.45, 2.75) is 392 Å². The normalized spacial score (nSPS) is 12.5. The predicted molar refractivity (Wildman–Crippen MR) is 310 cm³/mol. The number of ether oxygens (including phenoxy) is 1. The van der Waals surface area contributed by atoms with Gasteiger partial charge in [-0.1, -0.05) is 341 Å². The molecular weight excluding hydrogens is 875 g/mol. The number of nitrogens with one attached hydrogen (secondary N) is 1. The molecule has 3 N–H and O–H groups in total. The van der Waals surface area contributed by atoms with E-state index in [0.29, 0.717) is 25.9 Å². The van der Waals surface area contributed by atoms with Crippen LogP contribution >= 0.6 is 0 Å². The quantitative estimate of drug-likeness (QED) is 0.0417. The van der Waals surface area contributed by atoms with Crippen LogP contribution < -0.4 is 5.32 Å². The molecule has 0 bridgehead atoms. The van der Waals surface area contributed by atoms with Crippen LogP contribution in [0.25, 0.3) is 0 Å². The Morgan fingerprint density at radius 1 is 0.338 bits per heavy atom. The van der Waals surface area contributed by atoms with E-state index >= 15 is 0 Å². The van der Waals surface area contributed by atoms with Gasteiger partial charge in [-0.3, -0.25) is 9.59 Å². The number of hydrogen-bond acceptors (Lipinski definition) is 5. The second-order valence-electron chi connectivity index (χ2n) is 22.8. The zero-order valence-corrected chi connectivity index (χ0v) is 48.5. The molecule has 0 aromatic carbocycles. The lowest BCUT2D eigenvalue weighted by molar-refractivity contribution is -0.143. The molecule has 2 unspecified atom stereocenters. The van der Waals surface area contributed by atoms with E-state index < -0.39 is 12.1 Å². The number of carbonyl (C=O) groups excluding carboxylic acids is 2. The molecule has 0 saturated carbocycles. The highest BCUT2D eigenvalue weighted by Crippen LogP contribution is 2.19. The van der Waals surface area contributed by atoms with Gasteiger partial charge in [0.25, 0.3) is 0 Å². The molecule has 1 amide bonds. The number of aliphatic hydroxyl groups is 2. The lowest BCUT2D eigenvalue weighted by Gasteiger charge is -2.22. The van der Waals surface area contributed by atoms with E-state index in [0.717, 1.165) is 38.5 Å². The molecule has 0 rings (SSSR count). The van der Waals surface area contributed by atoms with Crippen molar-refractivity contribution in [1.29, 1.82) is 0 Å². The first kappa shape index (κ1) is 69.9. The van der Waals surface area contributed by atoms with Crippen molar-refractivity contribution in [3.05, 3.63) is 0 Å². The summed E-state index contributed by atoms with van der Waals surface area (Å²) in [7, 11) is 0. The van der Waals surface area contributed by atoms with E-state index in [1.807, 2.05) is 0 Å². The first-order chi connectivity index (χ1) is 35.0. The van der Waals surface area contributed by atoms with Gasteiger partial charge in [0.05, 0.1) is 25.4 Å². The van der Waals surface area contributed by atoms with Crippen LogP contribution in [0.5, 0.6) is 0 Å². The summed E-state index contributed by atoms with van der Waals surface area (Å²) in [5.41, 5.74) is 0. The zero-order chi connectivity index (χ0) is 51.4. The topological polar surface area (TPSA) is 95.9 Å². The molecule has 6 nitrogen and oxygen atoms in total. The molecule has 0 aliphatic heterocycles. The Hall–Kier alpha value is -1.14. The fraction of sp³-hybridized carbons (Fsp3) is 0.969. The minimum Gasteiger partial charge on any atom is -0.466 e. The zero-order valence-electron chi connectivity index (χ0n) is 48.5. The number of unbranched alkanes of at least 4 members (excludes halogenated alkanes) is 51. The monoisotopic (exact) mass is 1000 g/mol. The summed E-state index contributed by atoms with van der Waals surface area (Å²) in [5.74, 6) is -0.00727. The van der Waals surface area contributed by atoms with Gasteiger partial charge >= 0.3 is 5.97 Å². The van der Waals surface area contributed by atoms with Crippen molar-refractivity contribution >= 4 is 11.9 Å². The summed E-state index contributed by atoms with van der Waals surface area (Å²) in [6.45, 7) is 4.98. The maximum atomic E-state index is 12.5. The molecule has 0 aromatic heterocycles. The molecule has 0 aromatic rings. The van der Waals surface area contributed by atoms with Crippen molar-refractivity contribution in [2.24, 2.45) is 0 Å². The fourth-order valence-electron chi connectivity index (χ4n) is 10.6. The van der Waals surface area contributed by atoms with Crippen molar-refractivity contribution in [1.82, 2.24) is 5.32 Å². The third kappa shape index (κ3) is 58.0. The van der Waals surface area contributed by atoms with E-state index in [1.165, 1.54) is 308 Å². The minimum atomic E-state index is -0.658. The Morgan fingerprint density at radius 2 is 0.577 bits per heavy atom. The standard InChI is InChI=1S/C65H129NO5/c1-3-5-7-9-11-13-15-39-43-47-51-55-59-65(70)71-60-56-52-48-44-40-36-34-32-30-28-26-24-22-20-18-16-17-19-21-23-25-27-29-31-33-35-38-42-46-50-54-58-64(69)66-62(61-67)63(68)57-53-49-45-41-37-14-12-10-8-6-4-2/h62-63,67-68H,3-61H2,1-2H3,(H,66,69). The highest BCUT2D eigenvalue weighted by atomic mass is 16.5. The van der Waals surface area contributed by atoms with Crippen LogP contribution in [-0.4, -0.2) is 47.4 Å². The summed E-state index contributed by atoms with van der Waals surface area (Å²) in [6.07, 6.45) is 72.9. The van der Waals surface area contributed by atoms with Crippen LogP contribution in [0, 0.1) is 0 Å². The SMILES string of the molecule is CCCCCCCCCCCCCCC(=O)OCCCCCCCCCCCCCCCCCCCCCCCCCCCCCCCCCC(=O)NC(CO)C(O)CCCCCCCCCCCCC. The molecule has 71 heavy (non-hydrogen) atoms. The predicted octanol–water partition coefficient (Wildman–Crippen LogP) is 20.6. The summed E-state index contributed by atoms with van der Waals surface area (Å²) in [5, 5.41) is 23.2. The van der Waals surface area contributed by atoms with Crippen LogP contribution in [0.15, 0.2) is 0 Å². The van der Waals surface area contributed by atoms with Gasteiger partial charge in [-0.15, -0.1) is 0 Å². The molecule has 0 spiro atoms. The van der Waals surface area contributed by atoms with Crippen molar-refractivity contribution in [3.63, 3.8) is 0 Å². The van der Waals surface area contributed by atoms with Crippen LogP contribution in [-0.2, 0) is 14.3 Å². The van der Waals surface area contributed by atoms with Gasteiger partial charge in [-0.05, 0) is 25.7 Å². The molecule has 424 valence electrons. The average molecular weight is 1000 g/mol. The Kier molecular flexibility index (Phi) is 60.4. The van der Waals surface area contributed by atoms with Gasteiger partial charge in [0, 0.05) is 12.8 Å². The van der Waals surface area contributed by atoms with Gasteiger partial charge in [0.2, 0.25) is 5.91 Å². The third-order valence-corrected chi connectivity index (χ3v) is 15.7. The van der Waals surface area contributed by atoms with Gasteiger partial charge < -0.3 is 20.3 Å². The van der Waals surface area contributed by atoms with Crippen LogP contribution in [0.1, 0.15) is 380 Å². The van der Waals surface area contributed by atoms with Crippen molar-refractivity contribution < 1.29 is 24.5 Å². The molecule has 0 aliphatic rings. The van der Waals surface area contributed by atoms with Gasteiger partial charge in [0.15, 0.2) is 0 Å². The van der Waals surface area contributed by atoms with Crippen LogP contribution in [0.3, 0.4) is 0 Å². The number of amides is 1. The Morgan fingerprint density at radius 3 is 0.859 bits per heavy atom. The first-order valence-electron chi connectivity index (χ1n) is 32.8.